The van der Waals surface area contributed by atoms with E-state index in [2.05, 4.69) is 13.5 Å². The maximum Gasteiger partial charge on any atom is 0.311 e. The summed E-state index contributed by atoms with van der Waals surface area (Å²) in [7, 11) is 1.51. The smallest absolute Gasteiger partial charge is 0.311 e. The topological polar surface area (TPSA) is 55.8 Å². The van der Waals surface area contributed by atoms with E-state index in [0.29, 0.717) is 17.8 Å². The maximum atomic E-state index is 12.4. The van der Waals surface area contributed by atoms with Crippen molar-refractivity contribution in [3.63, 3.8) is 0 Å². The van der Waals surface area contributed by atoms with Crippen LogP contribution in [0.1, 0.15) is 51.9 Å². The van der Waals surface area contributed by atoms with Gasteiger partial charge in [0.15, 0.2) is 0 Å². The van der Waals surface area contributed by atoms with Gasteiger partial charge in [0.1, 0.15) is 5.60 Å². The molecule has 6 atom stereocenters. The lowest BCUT2D eigenvalue weighted by Gasteiger charge is -2.55. The summed E-state index contributed by atoms with van der Waals surface area (Å²) in [4.78, 5) is 12.4. The van der Waals surface area contributed by atoms with Crippen LogP contribution in [0.5, 0.6) is 0 Å². The Bertz CT molecular complexity index is 476. The average Bonchev–Trinajstić information content (AvgIpc) is 2.60. The second kappa shape index (κ2) is 6.21. The Morgan fingerprint density at radius 2 is 2.09 bits per heavy atom. The second-order valence-corrected chi connectivity index (χ2v) is 7.93. The summed E-state index contributed by atoms with van der Waals surface area (Å²) in [6.07, 6.45) is 9.02. The molecule has 0 spiro atoms. The molecule has 0 radical (unpaired) electrons. The number of carbonyl (C=O) groups is 1. The van der Waals surface area contributed by atoms with Gasteiger partial charge in [-0.1, -0.05) is 12.5 Å². The third kappa shape index (κ3) is 2.64. The predicted octanol–water partition coefficient (Wildman–Crippen LogP) is 3.09. The Balaban J connectivity index is 1.80. The van der Waals surface area contributed by atoms with Crippen LogP contribution < -0.4 is 0 Å². The van der Waals surface area contributed by atoms with E-state index >= 15 is 0 Å². The van der Waals surface area contributed by atoms with Gasteiger partial charge in [0, 0.05) is 0 Å². The molecule has 1 heterocycles. The first-order valence-electron chi connectivity index (χ1n) is 9.00. The number of ether oxygens (including phenoxy) is 2. The molecule has 0 bridgehead atoms. The van der Waals surface area contributed by atoms with Crippen LogP contribution in [-0.2, 0) is 14.3 Å². The zero-order valence-corrected chi connectivity index (χ0v) is 14.4. The SMILES string of the molecule is C=C[C@]1(CO)CCC2C(CCC3C2CCC[C@]3(C)C(=O)OC)O1. The van der Waals surface area contributed by atoms with Gasteiger partial charge in [-0.15, -0.1) is 6.58 Å². The molecule has 2 saturated carbocycles. The normalized spacial score (nSPS) is 46.4. The van der Waals surface area contributed by atoms with Gasteiger partial charge in [-0.2, -0.15) is 0 Å². The van der Waals surface area contributed by atoms with Gasteiger partial charge in [-0.05, 0) is 63.2 Å². The highest BCUT2D eigenvalue weighted by molar-refractivity contribution is 5.76. The van der Waals surface area contributed by atoms with Crippen LogP contribution in [0.3, 0.4) is 0 Å². The first-order chi connectivity index (χ1) is 11.0. The Hall–Kier alpha value is -0.870. The fourth-order valence-electron chi connectivity index (χ4n) is 5.58. The van der Waals surface area contributed by atoms with Crippen LogP contribution in [0.4, 0.5) is 0 Å². The van der Waals surface area contributed by atoms with E-state index in [1.807, 2.05) is 0 Å². The number of carbonyl (C=O) groups excluding carboxylic acids is 1. The molecule has 0 aromatic heterocycles. The largest absolute Gasteiger partial charge is 0.469 e. The first kappa shape index (κ1) is 17.0. The summed E-state index contributed by atoms with van der Waals surface area (Å²) in [5.41, 5.74) is -0.902. The van der Waals surface area contributed by atoms with E-state index in [4.69, 9.17) is 9.47 Å². The molecule has 4 nitrogen and oxygen atoms in total. The minimum atomic E-state index is -0.561. The van der Waals surface area contributed by atoms with Crippen molar-refractivity contribution in [1.29, 1.82) is 0 Å². The monoisotopic (exact) mass is 322 g/mol. The molecule has 0 aromatic carbocycles. The van der Waals surface area contributed by atoms with Crippen LogP contribution in [0, 0.1) is 23.2 Å². The highest BCUT2D eigenvalue weighted by atomic mass is 16.5. The van der Waals surface area contributed by atoms with Crippen molar-refractivity contribution in [2.75, 3.05) is 13.7 Å². The van der Waals surface area contributed by atoms with Crippen LogP contribution in [-0.4, -0.2) is 36.5 Å². The Kier molecular flexibility index (Phi) is 4.58. The number of hydrogen-bond acceptors (Lipinski definition) is 4. The van der Waals surface area contributed by atoms with E-state index < -0.39 is 5.60 Å². The van der Waals surface area contributed by atoms with Gasteiger partial charge < -0.3 is 14.6 Å². The number of esters is 1. The van der Waals surface area contributed by atoms with Crippen molar-refractivity contribution in [3.8, 4) is 0 Å². The van der Waals surface area contributed by atoms with Gasteiger partial charge in [-0.3, -0.25) is 4.79 Å². The molecule has 23 heavy (non-hydrogen) atoms. The summed E-state index contributed by atoms with van der Waals surface area (Å²) in [5.74, 6) is 1.39. The highest BCUT2D eigenvalue weighted by Crippen LogP contribution is 2.56. The van der Waals surface area contributed by atoms with Crippen LogP contribution >= 0.6 is 0 Å². The maximum absolute atomic E-state index is 12.4. The number of fused-ring (bicyclic) bond motifs is 3. The lowest BCUT2D eigenvalue weighted by molar-refractivity contribution is -0.196. The average molecular weight is 322 g/mol. The highest BCUT2D eigenvalue weighted by Gasteiger charge is 2.55. The molecule has 1 saturated heterocycles. The third-order valence-electron chi connectivity index (χ3n) is 6.94. The summed E-state index contributed by atoms with van der Waals surface area (Å²) in [5, 5.41) is 9.69. The number of aliphatic hydroxyl groups excluding tert-OH is 1. The first-order valence-corrected chi connectivity index (χ1v) is 9.00. The summed E-state index contributed by atoms with van der Waals surface area (Å²) in [6.45, 7) is 5.96. The number of rotatable bonds is 3. The second-order valence-electron chi connectivity index (χ2n) is 7.93. The van der Waals surface area contributed by atoms with Crippen LogP contribution in [0.15, 0.2) is 12.7 Å². The van der Waals surface area contributed by atoms with Crippen molar-refractivity contribution in [1.82, 2.24) is 0 Å². The van der Waals surface area contributed by atoms with Crippen molar-refractivity contribution in [3.05, 3.63) is 12.7 Å². The van der Waals surface area contributed by atoms with Gasteiger partial charge in [-0.25, -0.2) is 0 Å². The lowest BCUT2D eigenvalue weighted by atomic mass is 9.53. The molecule has 4 unspecified atom stereocenters. The molecular formula is C19H30O4. The molecule has 2 aliphatic carbocycles. The van der Waals surface area contributed by atoms with Gasteiger partial charge in [0.25, 0.3) is 0 Å². The van der Waals surface area contributed by atoms with Crippen molar-refractivity contribution < 1.29 is 19.4 Å². The zero-order valence-electron chi connectivity index (χ0n) is 14.4. The van der Waals surface area contributed by atoms with Gasteiger partial charge >= 0.3 is 5.97 Å². The number of aliphatic hydroxyl groups is 1. The number of methoxy groups -OCH3 is 1. The molecule has 1 N–H and O–H groups in total. The van der Waals surface area contributed by atoms with E-state index in [9.17, 15) is 9.90 Å². The molecule has 1 aliphatic heterocycles. The van der Waals surface area contributed by atoms with Crippen molar-refractivity contribution in [2.24, 2.45) is 23.2 Å². The fraction of sp³-hybridized carbons (Fsp3) is 0.842. The molecule has 3 rings (SSSR count). The van der Waals surface area contributed by atoms with Gasteiger partial charge in [0.2, 0.25) is 0 Å². The Morgan fingerprint density at radius 3 is 2.74 bits per heavy atom. The Morgan fingerprint density at radius 1 is 1.30 bits per heavy atom. The van der Waals surface area contributed by atoms with E-state index in [-0.39, 0.29) is 24.1 Å². The Labute approximate surface area is 139 Å². The van der Waals surface area contributed by atoms with Crippen LogP contribution in [0.2, 0.25) is 0 Å². The lowest BCUT2D eigenvalue weighted by Crippen LogP contribution is -2.55. The molecule has 0 amide bonds. The summed E-state index contributed by atoms with van der Waals surface area (Å²) >= 11 is 0. The molecule has 130 valence electrons. The summed E-state index contributed by atoms with van der Waals surface area (Å²) < 4.78 is 11.4. The molecular weight excluding hydrogens is 292 g/mol. The van der Waals surface area contributed by atoms with E-state index in [1.165, 1.54) is 13.5 Å². The van der Waals surface area contributed by atoms with E-state index in [1.54, 1.807) is 6.08 Å². The number of hydrogen-bond donors (Lipinski definition) is 1. The quantitative estimate of drug-likeness (QED) is 0.641. The third-order valence-corrected chi connectivity index (χ3v) is 6.94. The molecule has 4 heteroatoms. The summed E-state index contributed by atoms with van der Waals surface area (Å²) in [6, 6.07) is 0. The molecule has 3 aliphatic rings. The fourth-order valence-corrected chi connectivity index (χ4v) is 5.58. The minimum Gasteiger partial charge on any atom is -0.469 e. The van der Waals surface area contributed by atoms with Crippen molar-refractivity contribution >= 4 is 5.97 Å². The minimum absolute atomic E-state index is 0.00763. The van der Waals surface area contributed by atoms with Gasteiger partial charge in [0.05, 0.1) is 25.2 Å². The molecule has 0 aromatic rings. The zero-order chi connectivity index (χ0) is 16.7. The molecule has 3 fully saturated rings. The predicted molar refractivity (Wildman–Crippen MR) is 87.8 cm³/mol. The van der Waals surface area contributed by atoms with Crippen LogP contribution in [0.25, 0.3) is 0 Å². The van der Waals surface area contributed by atoms with Crippen molar-refractivity contribution in [2.45, 2.75) is 63.6 Å². The standard InChI is InChI=1S/C19H30O4/c1-4-19(12-20)11-9-14-13-6-5-10-18(2,17(21)22-3)15(13)7-8-16(14)23-19/h4,13-16,20H,1,5-12H2,2-3H3/t13?,14?,15?,16?,18-,19+/m0/s1. The van der Waals surface area contributed by atoms with E-state index in [0.717, 1.165) is 38.5 Å².